The molecule has 5 heteroatoms. The molecule has 1 unspecified atom stereocenters. The van der Waals surface area contributed by atoms with Crippen molar-refractivity contribution < 1.29 is 8.95 Å². The van der Waals surface area contributed by atoms with Gasteiger partial charge in [-0.3, -0.25) is 9.11 Å². The Kier molecular flexibility index (Phi) is 4.87. The van der Waals surface area contributed by atoms with Crippen molar-refractivity contribution in [2.24, 2.45) is 5.73 Å². The summed E-state index contributed by atoms with van der Waals surface area (Å²) in [4.78, 5) is 2.27. The summed E-state index contributed by atoms with van der Waals surface area (Å²) >= 11 is 0. The van der Waals surface area contributed by atoms with Crippen molar-refractivity contribution in [1.82, 2.24) is 4.90 Å². The molecule has 1 heterocycles. The number of nitrogens with two attached hydrogens (primary N) is 1. The van der Waals surface area contributed by atoms with E-state index < -0.39 is 10.8 Å². The molecule has 0 radical (unpaired) electrons. The minimum Gasteiger partial charge on any atom is -0.383 e. The molecule has 4 nitrogen and oxygen atoms in total. The highest BCUT2D eigenvalue weighted by Gasteiger charge is 2.21. The average molecular weight is 206 g/mol. The van der Waals surface area contributed by atoms with E-state index in [1.54, 1.807) is 7.11 Å². The van der Waals surface area contributed by atoms with Gasteiger partial charge in [-0.15, -0.1) is 0 Å². The molecule has 0 aromatic carbocycles. The van der Waals surface area contributed by atoms with Gasteiger partial charge in [0.05, 0.1) is 6.61 Å². The van der Waals surface area contributed by atoms with Crippen LogP contribution in [-0.4, -0.2) is 60.0 Å². The Morgan fingerprint density at radius 1 is 1.54 bits per heavy atom. The van der Waals surface area contributed by atoms with Crippen molar-refractivity contribution in [3.63, 3.8) is 0 Å². The molecule has 1 saturated heterocycles. The molecule has 1 aliphatic rings. The van der Waals surface area contributed by atoms with Gasteiger partial charge in [-0.25, -0.2) is 0 Å². The molecule has 1 fully saturated rings. The lowest BCUT2D eigenvalue weighted by Gasteiger charge is -2.32. The van der Waals surface area contributed by atoms with Crippen LogP contribution in [0.5, 0.6) is 0 Å². The summed E-state index contributed by atoms with van der Waals surface area (Å²) < 4.78 is 16.2. The molecule has 13 heavy (non-hydrogen) atoms. The van der Waals surface area contributed by atoms with Gasteiger partial charge in [-0.05, 0) is 0 Å². The second kappa shape index (κ2) is 5.70. The van der Waals surface area contributed by atoms with E-state index in [-0.39, 0.29) is 0 Å². The van der Waals surface area contributed by atoms with Crippen molar-refractivity contribution in [1.29, 1.82) is 0 Å². The van der Waals surface area contributed by atoms with Crippen LogP contribution < -0.4 is 5.73 Å². The third kappa shape index (κ3) is 3.34. The molecule has 1 atom stereocenters. The van der Waals surface area contributed by atoms with Gasteiger partial charge >= 0.3 is 0 Å². The van der Waals surface area contributed by atoms with Gasteiger partial charge in [0.15, 0.2) is 0 Å². The van der Waals surface area contributed by atoms with E-state index in [0.717, 1.165) is 24.6 Å². The number of rotatable bonds is 4. The van der Waals surface area contributed by atoms with E-state index in [0.29, 0.717) is 19.2 Å². The number of hydrogen-bond acceptors (Lipinski definition) is 4. The summed E-state index contributed by atoms with van der Waals surface area (Å²) in [5.41, 5.74) is 5.63. The molecule has 1 rings (SSSR count). The number of nitrogens with zero attached hydrogens (tertiary/aromatic N) is 1. The Morgan fingerprint density at radius 3 is 2.62 bits per heavy atom. The maximum atomic E-state index is 11.1. The second-order valence-corrected chi connectivity index (χ2v) is 4.93. The van der Waals surface area contributed by atoms with Crippen LogP contribution in [0.3, 0.4) is 0 Å². The molecule has 0 aromatic rings. The first-order valence-electron chi connectivity index (χ1n) is 4.56. The summed E-state index contributed by atoms with van der Waals surface area (Å²) in [6.07, 6.45) is 0. The highest BCUT2D eigenvalue weighted by Crippen LogP contribution is 2.05. The maximum absolute atomic E-state index is 11.1. The van der Waals surface area contributed by atoms with Crippen molar-refractivity contribution in [2.45, 2.75) is 6.04 Å². The Hall–Kier alpha value is 0.0300. The molecular weight excluding hydrogens is 188 g/mol. The fourth-order valence-electron chi connectivity index (χ4n) is 1.53. The first kappa shape index (κ1) is 11.1. The zero-order chi connectivity index (χ0) is 9.68. The lowest BCUT2D eigenvalue weighted by atomic mass is 10.2. The standard InChI is InChI=1S/C8H18N2O2S/c1-12-7-8(6-9)10-2-4-13(11)5-3-10/h8H,2-7,9H2,1H3. The molecule has 78 valence electrons. The summed E-state index contributed by atoms with van der Waals surface area (Å²) in [6.45, 7) is 3.05. The molecule has 0 aliphatic carbocycles. The Morgan fingerprint density at radius 2 is 2.15 bits per heavy atom. The molecule has 0 amide bonds. The lowest BCUT2D eigenvalue weighted by Crippen LogP contribution is -2.49. The quantitative estimate of drug-likeness (QED) is 0.643. The zero-order valence-electron chi connectivity index (χ0n) is 8.07. The average Bonchev–Trinajstić information content (AvgIpc) is 2.16. The van der Waals surface area contributed by atoms with Gasteiger partial charge in [-0.2, -0.15) is 0 Å². The number of methoxy groups -OCH3 is 1. The van der Waals surface area contributed by atoms with Gasteiger partial charge in [0.1, 0.15) is 0 Å². The topological polar surface area (TPSA) is 55.6 Å². The molecular formula is C8H18N2O2S. The van der Waals surface area contributed by atoms with Crippen LogP contribution in [0.2, 0.25) is 0 Å². The Labute approximate surface area is 81.9 Å². The highest BCUT2D eigenvalue weighted by molar-refractivity contribution is 7.85. The SMILES string of the molecule is COCC(CN)N1CCS(=O)CC1. The first-order chi connectivity index (χ1) is 6.27. The van der Waals surface area contributed by atoms with Crippen LogP contribution in [0.1, 0.15) is 0 Å². The largest absolute Gasteiger partial charge is 0.383 e. The van der Waals surface area contributed by atoms with Crippen molar-refractivity contribution in [3.8, 4) is 0 Å². The van der Waals surface area contributed by atoms with Crippen LogP contribution in [0.25, 0.3) is 0 Å². The second-order valence-electron chi connectivity index (χ2n) is 3.23. The molecule has 2 N–H and O–H groups in total. The number of ether oxygens (including phenoxy) is 1. The molecule has 0 aromatic heterocycles. The van der Waals surface area contributed by atoms with Crippen LogP contribution in [0, 0.1) is 0 Å². The van der Waals surface area contributed by atoms with Crippen molar-refractivity contribution >= 4 is 10.8 Å². The van der Waals surface area contributed by atoms with E-state index in [2.05, 4.69) is 4.90 Å². The van der Waals surface area contributed by atoms with Gasteiger partial charge in [0, 0.05) is 55.1 Å². The smallest absolute Gasteiger partial charge is 0.0630 e. The maximum Gasteiger partial charge on any atom is 0.0630 e. The van der Waals surface area contributed by atoms with Gasteiger partial charge in [-0.1, -0.05) is 0 Å². The molecule has 0 saturated carbocycles. The van der Waals surface area contributed by atoms with E-state index in [9.17, 15) is 4.21 Å². The summed E-state index contributed by atoms with van der Waals surface area (Å²) in [5, 5.41) is 0. The summed E-state index contributed by atoms with van der Waals surface area (Å²) in [6, 6.07) is 0.294. The Bertz CT molecular complexity index is 168. The normalized spacial score (nSPS) is 23.2. The first-order valence-corrected chi connectivity index (χ1v) is 6.04. The van der Waals surface area contributed by atoms with Crippen LogP contribution in [0.15, 0.2) is 0 Å². The monoisotopic (exact) mass is 206 g/mol. The minimum absolute atomic E-state index is 0.294. The van der Waals surface area contributed by atoms with Crippen LogP contribution >= 0.6 is 0 Å². The lowest BCUT2D eigenvalue weighted by molar-refractivity contribution is 0.100. The van der Waals surface area contributed by atoms with E-state index in [1.165, 1.54) is 0 Å². The van der Waals surface area contributed by atoms with Gasteiger partial charge in [0.25, 0.3) is 0 Å². The molecule has 0 bridgehead atoms. The third-order valence-corrected chi connectivity index (χ3v) is 3.64. The molecule has 1 aliphatic heterocycles. The summed E-state index contributed by atoms with van der Waals surface area (Å²) in [5.74, 6) is 1.56. The van der Waals surface area contributed by atoms with Crippen molar-refractivity contribution in [2.75, 3.05) is 44.9 Å². The summed E-state index contributed by atoms with van der Waals surface area (Å²) in [7, 11) is 1.08. The van der Waals surface area contributed by atoms with E-state index in [4.69, 9.17) is 10.5 Å². The minimum atomic E-state index is -0.607. The van der Waals surface area contributed by atoms with Crippen molar-refractivity contribution in [3.05, 3.63) is 0 Å². The zero-order valence-corrected chi connectivity index (χ0v) is 8.89. The predicted octanol–water partition coefficient (Wildman–Crippen LogP) is -0.976. The number of hydrogen-bond donors (Lipinski definition) is 1. The van der Waals surface area contributed by atoms with E-state index >= 15 is 0 Å². The Balaban J connectivity index is 2.36. The van der Waals surface area contributed by atoms with Gasteiger partial charge in [0.2, 0.25) is 0 Å². The van der Waals surface area contributed by atoms with Crippen LogP contribution in [0.4, 0.5) is 0 Å². The van der Waals surface area contributed by atoms with E-state index in [1.807, 2.05) is 0 Å². The highest BCUT2D eigenvalue weighted by atomic mass is 32.2. The van der Waals surface area contributed by atoms with Crippen LogP contribution in [-0.2, 0) is 15.5 Å². The van der Waals surface area contributed by atoms with Gasteiger partial charge < -0.3 is 10.5 Å². The predicted molar refractivity (Wildman–Crippen MR) is 54.2 cm³/mol. The fraction of sp³-hybridized carbons (Fsp3) is 1.00. The fourth-order valence-corrected chi connectivity index (χ4v) is 2.61. The third-order valence-electron chi connectivity index (χ3n) is 2.36. The molecule has 0 spiro atoms.